The smallest absolute Gasteiger partial charge is 0.123 e. The van der Waals surface area contributed by atoms with Crippen molar-refractivity contribution >= 4 is 0 Å². The molecule has 0 aliphatic carbocycles. The van der Waals surface area contributed by atoms with E-state index in [4.69, 9.17) is 0 Å². The van der Waals surface area contributed by atoms with Crippen LogP contribution in [0.15, 0.2) is 24.3 Å². The minimum atomic E-state index is -0.117. The van der Waals surface area contributed by atoms with Crippen molar-refractivity contribution in [1.29, 1.82) is 0 Å². The van der Waals surface area contributed by atoms with Gasteiger partial charge in [0, 0.05) is 6.54 Å². The van der Waals surface area contributed by atoms with Crippen LogP contribution in [-0.4, -0.2) is 13.1 Å². The second-order valence-corrected chi connectivity index (χ2v) is 5.66. The molecule has 0 heterocycles. The van der Waals surface area contributed by atoms with E-state index >= 15 is 0 Å². The van der Waals surface area contributed by atoms with Crippen LogP contribution in [0, 0.1) is 5.82 Å². The Morgan fingerprint density at radius 2 is 1.85 bits per heavy atom. The first-order valence-corrected chi connectivity index (χ1v) is 8.24. The summed E-state index contributed by atoms with van der Waals surface area (Å²) in [5, 5.41) is 3.48. The normalized spacial score (nSPS) is 12.6. The summed E-state index contributed by atoms with van der Waals surface area (Å²) in [7, 11) is 0. The summed E-state index contributed by atoms with van der Waals surface area (Å²) in [6, 6.07) is 7.12. The van der Waals surface area contributed by atoms with Gasteiger partial charge >= 0.3 is 0 Å². The monoisotopic (exact) mass is 279 g/mol. The molecule has 20 heavy (non-hydrogen) atoms. The van der Waals surface area contributed by atoms with Crippen molar-refractivity contribution in [2.24, 2.45) is 0 Å². The van der Waals surface area contributed by atoms with Crippen molar-refractivity contribution in [3.63, 3.8) is 0 Å². The fraction of sp³-hybridized carbons (Fsp3) is 0.667. The van der Waals surface area contributed by atoms with E-state index in [1.54, 1.807) is 6.07 Å². The van der Waals surface area contributed by atoms with E-state index in [2.05, 4.69) is 25.2 Å². The number of hydrogen-bond donors (Lipinski definition) is 1. The highest BCUT2D eigenvalue weighted by molar-refractivity contribution is 5.21. The van der Waals surface area contributed by atoms with Crippen molar-refractivity contribution < 1.29 is 4.39 Å². The van der Waals surface area contributed by atoms with Gasteiger partial charge in [-0.1, -0.05) is 58.1 Å². The molecule has 0 bridgehead atoms. The van der Waals surface area contributed by atoms with Crippen LogP contribution in [0.2, 0.25) is 0 Å². The molecule has 0 amide bonds. The lowest BCUT2D eigenvalue weighted by Gasteiger charge is -2.18. The number of halogens is 1. The zero-order chi connectivity index (χ0) is 14.6. The first kappa shape index (κ1) is 17.2. The standard InChI is InChI=1S/C18H30FN/c1-3-5-6-7-8-10-17(15-20-13-4-2)16-11-9-12-18(19)14-16/h9,11-12,14,17,20H,3-8,10,13,15H2,1-2H3. The Labute approximate surface area is 124 Å². The van der Waals surface area contributed by atoms with Crippen LogP contribution in [0.25, 0.3) is 0 Å². The van der Waals surface area contributed by atoms with Crippen molar-refractivity contribution in [3.05, 3.63) is 35.6 Å². The molecule has 1 aromatic carbocycles. The van der Waals surface area contributed by atoms with Gasteiger partial charge in [0.05, 0.1) is 0 Å². The van der Waals surface area contributed by atoms with Crippen LogP contribution in [0.5, 0.6) is 0 Å². The number of rotatable bonds is 11. The number of unbranched alkanes of at least 4 members (excludes halogenated alkanes) is 4. The van der Waals surface area contributed by atoms with Gasteiger partial charge in [0.25, 0.3) is 0 Å². The third-order valence-corrected chi connectivity index (χ3v) is 3.79. The molecule has 0 saturated carbocycles. The van der Waals surface area contributed by atoms with E-state index < -0.39 is 0 Å². The quantitative estimate of drug-likeness (QED) is 0.544. The van der Waals surface area contributed by atoms with Gasteiger partial charge in [-0.3, -0.25) is 0 Å². The highest BCUT2D eigenvalue weighted by Crippen LogP contribution is 2.23. The second kappa shape index (κ2) is 10.8. The zero-order valence-electron chi connectivity index (χ0n) is 13.1. The fourth-order valence-electron chi connectivity index (χ4n) is 2.59. The van der Waals surface area contributed by atoms with Gasteiger partial charge in [-0.05, 0) is 43.0 Å². The molecule has 0 aliphatic heterocycles. The Hall–Kier alpha value is -0.890. The van der Waals surface area contributed by atoms with Gasteiger partial charge in [0.1, 0.15) is 5.82 Å². The minimum absolute atomic E-state index is 0.117. The Bertz CT molecular complexity index is 351. The Balaban J connectivity index is 2.47. The van der Waals surface area contributed by atoms with Crippen LogP contribution in [0.1, 0.15) is 70.3 Å². The van der Waals surface area contributed by atoms with Crippen LogP contribution < -0.4 is 5.32 Å². The molecular formula is C18H30FN. The molecule has 0 saturated heterocycles. The first-order chi connectivity index (χ1) is 9.77. The Morgan fingerprint density at radius 1 is 1.05 bits per heavy atom. The lowest BCUT2D eigenvalue weighted by Crippen LogP contribution is -2.22. The van der Waals surface area contributed by atoms with E-state index in [0.29, 0.717) is 5.92 Å². The van der Waals surface area contributed by atoms with Crippen LogP contribution in [0.4, 0.5) is 4.39 Å². The van der Waals surface area contributed by atoms with Crippen molar-refractivity contribution in [2.75, 3.05) is 13.1 Å². The molecule has 1 N–H and O–H groups in total. The zero-order valence-corrected chi connectivity index (χ0v) is 13.1. The topological polar surface area (TPSA) is 12.0 Å². The van der Waals surface area contributed by atoms with Gasteiger partial charge in [-0.15, -0.1) is 0 Å². The van der Waals surface area contributed by atoms with Crippen molar-refractivity contribution in [2.45, 2.75) is 64.7 Å². The fourth-order valence-corrected chi connectivity index (χ4v) is 2.59. The third kappa shape index (κ3) is 7.04. The summed E-state index contributed by atoms with van der Waals surface area (Å²) < 4.78 is 13.4. The summed E-state index contributed by atoms with van der Waals surface area (Å²) in [6.45, 7) is 6.42. The molecule has 0 radical (unpaired) electrons. The highest BCUT2D eigenvalue weighted by Gasteiger charge is 2.11. The van der Waals surface area contributed by atoms with E-state index in [-0.39, 0.29) is 5.82 Å². The molecule has 0 aliphatic rings. The van der Waals surface area contributed by atoms with E-state index in [0.717, 1.165) is 31.5 Å². The largest absolute Gasteiger partial charge is 0.316 e. The van der Waals surface area contributed by atoms with Crippen molar-refractivity contribution in [1.82, 2.24) is 5.32 Å². The predicted octanol–water partition coefficient (Wildman–Crippen LogP) is 5.27. The molecule has 1 aromatic rings. The summed E-state index contributed by atoms with van der Waals surface area (Å²) in [5.74, 6) is 0.327. The molecule has 1 rings (SSSR count). The molecule has 1 atom stereocenters. The number of nitrogens with one attached hydrogen (secondary N) is 1. The van der Waals surface area contributed by atoms with E-state index in [1.807, 2.05) is 6.07 Å². The van der Waals surface area contributed by atoms with Gasteiger partial charge in [-0.2, -0.15) is 0 Å². The predicted molar refractivity (Wildman–Crippen MR) is 85.7 cm³/mol. The molecule has 114 valence electrons. The van der Waals surface area contributed by atoms with Gasteiger partial charge in [0.15, 0.2) is 0 Å². The highest BCUT2D eigenvalue weighted by atomic mass is 19.1. The summed E-state index contributed by atoms with van der Waals surface area (Å²) in [4.78, 5) is 0. The van der Waals surface area contributed by atoms with E-state index in [1.165, 1.54) is 38.2 Å². The summed E-state index contributed by atoms with van der Waals surface area (Å²) in [6.07, 6.45) is 8.79. The Morgan fingerprint density at radius 3 is 2.55 bits per heavy atom. The molecule has 0 aromatic heterocycles. The third-order valence-electron chi connectivity index (χ3n) is 3.79. The molecule has 0 fully saturated rings. The Kier molecular flexibility index (Phi) is 9.31. The summed E-state index contributed by atoms with van der Waals surface area (Å²) >= 11 is 0. The van der Waals surface area contributed by atoms with Gasteiger partial charge < -0.3 is 5.32 Å². The van der Waals surface area contributed by atoms with Crippen LogP contribution >= 0.6 is 0 Å². The second-order valence-electron chi connectivity index (χ2n) is 5.66. The maximum absolute atomic E-state index is 13.4. The minimum Gasteiger partial charge on any atom is -0.316 e. The van der Waals surface area contributed by atoms with Crippen LogP contribution in [0.3, 0.4) is 0 Å². The molecule has 1 nitrogen and oxygen atoms in total. The maximum atomic E-state index is 13.4. The maximum Gasteiger partial charge on any atom is 0.123 e. The lowest BCUT2D eigenvalue weighted by molar-refractivity contribution is 0.506. The van der Waals surface area contributed by atoms with Gasteiger partial charge in [-0.25, -0.2) is 4.39 Å². The number of hydrogen-bond acceptors (Lipinski definition) is 1. The van der Waals surface area contributed by atoms with E-state index in [9.17, 15) is 4.39 Å². The van der Waals surface area contributed by atoms with Crippen molar-refractivity contribution in [3.8, 4) is 0 Å². The van der Waals surface area contributed by atoms with Crippen LogP contribution in [-0.2, 0) is 0 Å². The average molecular weight is 279 g/mol. The molecule has 0 spiro atoms. The lowest BCUT2D eigenvalue weighted by atomic mass is 9.92. The molecular weight excluding hydrogens is 249 g/mol. The first-order valence-electron chi connectivity index (χ1n) is 8.24. The number of benzene rings is 1. The molecule has 2 heteroatoms. The average Bonchev–Trinajstić information content (AvgIpc) is 2.45. The molecule has 1 unspecified atom stereocenters. The SMILES string of the molecule is CCCCCCCC(CNCCC)c1cccc(F)c1. The van der Waals surface area contributed by atoms with Gasteiger partial charge in [0.2, 0.25) is 0 Å². The summed E-state index contributed by atoms with van der Waals surface area (Å²) in [5.41, 5.74) is 1.14.